The molecule has 100 heavy (non-hydrogen) atoms. The van der Waals surface area contributed by atoms with Gasteiger partial charge in [-0.25, -0.2) is 32.4 Å². The molecule has 6 aromatic carbocycles. The van der Waals surface area contributed by atoms with E-state index < -0.39 is 61.8 Å². The van der Waals surface area contributed by atoms with Crippen LogP contribution in [-0.4, -0.2) is 127 Å². The van der Waals surface area contributed by atoms with E-state index in [-0.39, 0.29) is 34.3 Å². The average molecular weight is 1430 g/mol. The molecule has 0 N–H and O–H groups in total. The number of hydrogen-bond acceptors (Lipinski definition) is 15. The molecule has 3 saturated carbocycles. The summed E-state index contributed by atoms with van der Waals surface area (Å²) in [6.45, 7) is 16.3. The normalized spacial score (nSPS) is 22.2. The predicted octanol–water partition coefficient (Wildman–Crippen LogP) is 18.7. The standard InChI is InChI=1S/C25H31FN3O5P.C24H30N3O5P.C23H28N3O5P/c1-18(34-35(32,27-13-14-27)28-15-16-28)21-5-8-23(29(30)31)24(17-21)33-22-6-3-19(4-7-22)20-9-11-25(2,26)12-10-20;1-18(32-33(30,25-13-14-25)26-15-16-26)21-9-12-23(27(28)29)24(17-21)31-22-10-7-20(8-11-22)19-5-3-2-4-6-19;1-17(31-32(29,24-12-13-24)25-14-15-25)20-8-11-22(26(27)28)23(16-20)30-21-9-6-19(7-10-21)18-4-2-3-5-18/h3-8,17-18,20H,9-16H2,1-2H3;7-12,17-19H,2-6,13-16H2,1H3;6-11,16-18H,2-5,12-15H2,1H3. The van der Waals surface area contributed by atoms with Crippen molar-refractivity contribution in [1.82, 2.24) is 28.0 Å². The van der Waals surface area contributed by atoms with Crippen LogP contribution in [0.2, 0.25) is 0 Å². The summed E-state index contributed by atoms with van der Waals surface area (Å²) >= 11 is 0. The van der Waals surface area contributed by atoms with Crippen molar-refractivity contribution >= 4 is 40.1 Å². The Morgan fingerprint density at radius 3 is 0.870 bits per heavy atom. The highest BCUT2D eigenvalue weighted by molar-refractivity contribution is 7.55. The second-order valence-electron chi connectivity index (χ2n) is 27.9. The summed E-state index contributed by atoms with van der Waals surface area (Å²) in [7, 11) is -9.04. The first kappa shape index (κ1) is 71.6. The van der Waals surface area contributed by atoms with Gasteiger partial charge in [0.2, 0.25) is 17.2 Å². The van der Waals surface area contributed by atoms with Gasteiger partial charge in [-0.3, -0.25) is 57.6 Å². The van der Waals surface area contributed by atoms with Gasteiger partial charge in [-0.15, -0.1) is 0 Å². The van der Waals surface area contributed by atoms with Crippen molar-refractivity contribution in [2.24, 2.45) is 0 Å². The predicted molar refractivity (Wildman–Crippen MR) is 377 cm³/mol. The highest BCUT2D eigenvalue weighted by Crippen LogP contribution is 2.66. The van der Waals surface area contributed by atoms with Crippen LogP contribution in [0.15, 0.2) is 127 Å². The van der Waals surface area contributed by atoms with Gasteiger partial charge in [0.25, 0.3) is 0 Å². The molecule has 9 fully saturated rings. The number of nitro benzene ring substituents is 3. The Kier molecular flexibility index (Phi) is 21.6. The third-order valence-electron chi connectivity index (χ3n) is 20.2. The summed E-state index contributed by atoms with van der Waals surface area (Å²) in [6.07, 6.45) is 12.4. The van der Waals surface area contributed by atoms with Gasteiger partial charge >= 0.3 is 40.1 Å². The molecular weight excluding hydrogens is 1340 g/mol. The summed E-state index contributed by atoms with van der Waals surface area (Å²) in [5, 5.41) is 34.8. The maximum atomic E-state index is 14.1. The summed E-state index contributed by atoms with van der Waals surface area (Å²) in [5.74, 6) is 3.51. The van der Waals surface area contributed by atoms with E-state index in [4.69, 9.17) is 27.8 Å². The van der Waals surface area contributed by atoms with E-state index in [1.807, 2.05) is 78.3 Å². The second kappa shape index (κ2) is 30.2. The highest BCUT2D eigenvalue weighted by Gasteiger charge is 2.53. The van der Waals surface area contributed by atoms with E-state index in [0.29, 0.717) is 64.5 Å². The SMILES string of the molecule is CC(OP(=O)(N1CC1)N1CC1)c1ccc([N+](=O)[O-])c(Oc2ccc(C3CCC(C)(F)CC3)cc2)c1.CC(OP(=O)(N1CC1)N1CC1)c1ccc([N+](=O)[O-])c(Oc2ccc(C3CCCC3)cc2)c1.CC(OP(=O)(N1CC1)N1CC1)c1ccc([N+](=O)[O-])c(Oc2ccc(C3CCCCC3)cc2)c1. The van der Waals surface area contributed by atoms with Gasteiger partial charge in [0.15, 0.2) is 0 Å². The molecule has 15 rings (SSSR count). The van der Waals surface area contributed by atoms with Gasteiger partial charge in [-0.2, -0.15) is 0 Å². The Labute approximate surface area is 583 Å². The molecule has 534 valence electrons. The number of halogens is 1. The molecule has 3 atom stereocenters. The van der Waals surface area contributed by atoms with Crippen molar-refractivity contribution in [3.05, 3.63) is 191 Å². The molecule has 0 aromatic heterocycles. The number of hydrogen-bond donors (Lipinski definition) is 0. The molecular formula is C72H89FN9O15P3. The quantitative estimate of drug-likeness (QED) is 0.0201. The van der Waals surface area contributed by atoms with E-state index in [0.717, 1.165) is 96.9 Å². The molecule has 3 aliphatic carbocycles. The number of alkyl halides is 1. The van der Waals surface area contributed by atoms with Crippen LogP contribution >= 0.6 is 23.0 Å². The van der Waals surface area contributed by atoms with Gasteiger partial charge < -0.3 is 14.2 Å². The smallest absolute Gasteiger partial charge is 0.346 e. The number of rotatable bonds is 27. The van der Waals surface area contributed by atoms with E-state index in [1.54, 1.807) is 62.4 Å². The fraction of sp³-hybridized carbons (Fsp3) is 0.500. The first-order valence-corrected chi connectivity index (χ1v) is 39.9. The fourth-order valence-electron chi connectivity index (χ4n) is 13.6. The van der Waals surface area contributed by atoms with E-state index in [2.05, 4.69) is 24.3 Å². The summed E-state index contributed by atoms with van der Waals surface area (Å²) in [4.78, 5) is 33.5. The Hall–Kier alpha value is -6.82. The summed E-state index contributed by atoms with van der Waals surface area (Å²) < 4.78 is 101. The molecule has 9 aliphatic rings. The Balaban J connectivity index is 0.000000135. The zero-order valence-electron chi connectivity index (χ0n) is 57.1. The first-order chi connectivity index (χ1) is 48.0. The summed E-state index contributed by atoms with van der Waals surface area (Å²) in [5.41, 5.74) is 4.30. The van der Waals surface area contributed by atoms with Crippen LogP contribution in [0.25, 0.3) is 0 Å². The van der Waals surface area contributed by atoms with Gasteiger partial charge in [-0.05, 0) is 203 Å². The van der Waals surface area contributed by atoms with Crippen LogP contribution in [0.1, 0.15) is 181 Å². The lowest BCUT2D eigenvalue weighted by molar-refractivity contribution is -0.385. The largest absolute Gasteiger partial charge is 0.450 e. The average Bonchev–Trinajstić information content (AvgIpc) is 1.62. The molecule has 6 heterocycles. The van der Waals surface area contributed by atoms with E-state index in [1.165, 1.54) is 87.1 Å². The molecule has 0 bridgehead atoms. The van der Waals surface area contributed by atoms with Crippen molar-refractivity contribution in [1.29, 1.82) is 0 Å². The van der Waals surface area contributed by atoms with Gasteiger partial charge in [-0.1, -0.05) is 68.5 Å². The molecule has 3 unspecified atom stereocenters. The van der Waals surface area contributed by atoms with Crippen molar-refractivity contribution in [2.75, 3.05) is 78.5 Å². The zero-order valence-corrected chi connectivity index (χ0v) is 59.8. The number of nitro groups is 3. The number of nitrogens with zero attached hydrogens (tertiary/aromatic N) is 9. The molecule has 24 nitrogen and oxygen atoms in total. The lowest BCUT2D eigenvalue weighted by atomic mass is 9.78. The Bertz CT molecular complexity index is 4030. The minimum absolute atomic E-state index is 0.106. The molecule has 0 amide bonds. The first-order valence-electron chi connectivity index (χ1n) is 35.3. The molecule has 6 saturated heterocycles. The highest BCUT2D eigenvalue weighted by atomic mass is 31.2. The number of ether oxygens (including phenoxy) is 3. The van der Waals surface area contributed by atoms with Crippen molar-refractivity contribution in [3.63, 3.8) is 0 Å². The van der Waals surface area contributed by atoms with E-state index in [9.17, 15) is 48.4 Å². The lowest BCUT2D eigenvalue weighted by Crippen LogP contribution is -2.24. The van der Waals surface area contributed by atoms with Gasteiger partial charge in [0.1, 0.15) is 22.9 Å². The third-order valence-corrected chi connectivity index (χ3v) is 28.7. The van der Waals surface area contributed by atoms with E-state index >= 15 is 0 Å². The molecule has 6 aromatic rings. The Morgan fingerprint density at radius 2 is 0.630 bits per heavy atom. The zero-order chi connectivity index (χ0) is 70.1. The molecule has 28 heteroatoms. The third kappa shape index (κ3) is 17.4. The van der Waals surface area contributed by atoms with Crippen LogP contribution in [-0.2, 0) is 27.3 Å². The summed E-state index contributed by atoms with van der Waals surface area (Å²) in [6, 6.07) is 37.3. The monoisotopic (exact) mass is 1430 g/mol. The van der Waals surface area contributed by atoms with Crippen LogP contribution in [0.3, 0.4) is 0 Å². The molecule has 0 radical (unpaired) electrons. The van der Waals surface area contributed by atoms with Gasteiger partial charge in [0.05, 0.1) is 33.1 Å². The molecule has 0 spiro atoms. The van der Waals surface area contributed by atoms with Crippen molar-refractivity contribution < 1.29 is 60.6 Å². The topological polar surface area (TPSA) is 254 Å². The van der Waals surface area contributed by atoms with Crippen LogP contribution in [0.4, 0.5) is 21.5 Å². The second-order valence-corrected chi connectivity index (χ2v) is 34.9. The molecule has 6 aliphatic heterocycles. The lowest BCUT2D eigenvalue weighted by Gasteiger charge is -2.31. The van der Waals surface area contributed by atoms with Crippen LogP contribution in [0.5, 0.6) is 34.5 Å². The van der Waals surface area contributed by atoms with Crippen LogP contribution < -0.4 is 14.2 Å². The minimum Gasteiger partial charge on any atom is -0.450 e. The number of benzene rings is 6. The van der Waals surface area contributed by atoms with Crippen molar-refractivity contribution in [3.8, 4) is 34.5 Å². The fourth-order valence-corrected chi connectivity index (χ4v) is 20.7. The van der Waals surface area contributed by atoms with Gasteiger partial charge in [0, 0.05) is 96.7 Å². The minimum atomic E-state index is -3.03. The van der Waals surface area contributed by atoms with Crippen molar-refractivity contribution in [2.45, 2.75) is 153 Å². The Morgan fingerprint density at radius 1 is 0.390 bits per heavy atom. The van der Waals surface area contributed by atoms with Crippen LogP contribution in [0, 0.1) is 30.3 Å². The maximum absolute atomic E-state index is 14.1. The maximum Gasteiger partial charge on any atom is 0.346 e.